The highest BCUT2D eigenvalue weighted by atomic mass is 32.1. The van der Waals surface area contributed by atoms with E-state index in [4.69, 9.17) is 0 Å². The molecule has 2 rings (SSSR count). The summed E-state index contributed by atoms with van der Waals surface area (Å²) < 4.78 is 1.99. The fourth-order valence-corrected chi connectivity index (χ4v) is 2.47. The Balaban J connectivity index is 1.99. The molecule has 0 saturated heterocycles. The van der Waals surface area contributed by atoms with Crippen molar-refractivity contribution in [3.63, 3.8) is 0 Å². The molecule has 0 saturated carbocycles. The van der Waals surface area contributed by atoms with Crippen molar-refractivity contribution in [1.82, 2.24) is 19.9 Å². The molecule has 17 heavy (non-hydrogen) atoms. The number of rotatable bonds is 5. The van der Waals surface area contributed by atoms with Crippen LogP contribution >= 0.6 is 11.3 Å². The average Bonchev–Trinajstić information content (AvgIpc) is 2.86. The quantitative estimate of drug-likeness (QED) is 0.885. The van der Waals surface area contributed by atoms with Crippen LogP contribution in [-0.2, 0) is 13.6 Å². The first-order valence-electron chi connectivity index (χ1n) is 5.80. The topological polar surface area (TPSA) is 42.7 Å². The van der Waals surface area contributed by atoms with E-state index in [0.717, 1.165) is 23.9 Å². The van der Waals surface area contributed by atoms with Crippen LogP contribution in [0.3, 0.4) is 0 Å². The molecule has 5 heteroatoms. The highest BCUT2D eigenvalue weighted by Crippen LogP contribution is 2.22. The zero-order valence-corrected chi connectivity index (χ0v) is 11.3. The van der Waals surface area contributed by atoms with Crippen LogP contribution in [0.25, 0.3) is 10.8 Å². The van der Waals surface area contributed by atoms with Gasteiger partial charge in [0.2, 0.25) is 0 Å². The smallest absolute Gasteiger partial charge is 0.168 e. The first-order valence-corrected chi connectivity index (χ1v) is 6.61. The molecule has 4 nitrogen and oxygen atoms in total. The van der Waals surface area contributed by atoms with E-state index >= 15 is 0 Å². The maximum Gasteiger partial charge on any atom is 0.168 e. The largest absolute Gasteiger partial charge is 0.332 e. The Kier molecular flexibility index (Phi) is 3.91. The van der Waals surface area contributed by atoms with Gasteiger partial charge in [-0.25, -0.2) is 9.97 Å². The summed E-state index contributed by atoms with van der Waals surface area (Å²) in [6, 6.07) is 0. The van der Waals surface area contributed by atoms with Gasteiger partial charge in [0.1, 0.15) is 0 Å². The van der Waals surface area contributed by atoms with E-state index < -0.39 is 0 Å². The van der Waals surface area contributed by atoms with Gasteiger partial charge in [-0.15, -0.1) is 11.3 Å². The van der Waals surface area contributed by atoms with E-state index in [0.29, 0.717) is 5.92 Å². The van der Waals surface area contributed by atoms with Crippen molar-refractivity contribution in [3.8, 4) is 10.8 Å². The maximum absolute atomic E-state index is 4.41. The first-order chi connectivity index (χ1) is 8.16. The number of hydrogen-bond acceptors (Lipinski definition) is 4. The lowest BCUT2D eigenvalue weighted by atomic mass is 10.2. The Morgan fingerprint density at radius 3 is 2.88 bits per heavy atom. The molecule has 0 radical (unpaired) electrons. The normalized spacial score (nSPS) is 11.3. The van der Waals surface area contributed by atoms with Crippen LogP contribution in [0.5, 0.6) is 0 Å². The lowest BCUT2D eigenvalue weighted by Crippen LogP contribution is -2.18. The summed E-state index contributed by atoms with van der Waals surface area (Å²) >= 11 is 1.70. The second-order valence-corrected chi connectivity index (χ2v) is 5.63. The third kappa shape index (κ3) is 3.14. The van der Waals surface area contributed by atoms with Crippen LogP contribution in [0.1, 0.15) is 18.7 Å². The first kappa shape index (κ1) is 12.3. The van der Waals surface area contributed by atoms with E-state index in [1.54, 1.807) is 17.5 Å². The SMILES string of the molecule is CC(C)CNCc1cnc(-c2nccn2C)s1. The Morgan fingerprint density at radius 2 is 2.24 bits per heavy atom. The molecule has 0 unspecified atom stereocenters. The maximum atomic E-state index is 4.41. The number of aromatic nitrogens is 3. The van der Waals surface area contributed by atoms with Crippen LogP contribution in [0.2, 0.25) is 0 Å². The van der Waals surface area contributed by atoms with Crippen molar-refractivity contribution in [1.29, 1.82) is 0 Å². The van der Waals surface area contributed by atoms with Crippen molar-refractivity contribution in [2.45, 2.75) is 20.4 Å². The summed E-state index contributed by atoms with van der Waals surface area (Å²) in [6.45, 7) is 6.34. The number of nitrogens with one attached hydrogen (secondary N) is 1. The molecule has 0 aromatic carbocycles. The van der Waals surface area contributed by atoms with Crippen LogP contribution in [-0.4, -0.2) is 21.1 Å². The van der Waals surface area contributed by atoms with Crippen molar-refractivity contribution in [2.24, 2.45) is 13.0 Å². The second-order valence-electron chi connectivity index (χ2n) is 4.52. The summed E-state index contributed by atoms with van der Waals surface area (Å²) in [5.41, 5.74) is 0. The van der Waals surface area contributed by atoms with Crippen LogP contribution in [0.4, 0.5) is 0 Å². The average molecular weight is 250 g/mol. The van der Waals surface area contributed by atoms with Gasteiger partial charge in [0.15, 0.2) is 10.8 Å². The van der Waals surface area contributed by atoms with Gasteiger partial charge in [-0.3, -0.25) is 0 Å². The van der Waals surface area contributed by atoms with E-state index in [9.17, 15) is 0 Å². The third-order valence-electron chi connectivity index (χ3n) is 2.42. The summed E-state index contributed by atoms with van der Waals surface area (Å²) in [7, 11) is 1.99. The highest BCUT2D eigenvalue weighted by molar-refractivity contribution is 7.14. The van der Waals surface area contributed by atoms with Gasteiger partial charge in [-0.05, 0) is 12.5 Å². The standard InChI is InChI=1S/C12H18N4S/c1-9(2)6-13-7-10-8-15-12(17-10)11-14-4-5-16(11)3/h4-5,8-9,13H,6-7H2,1-3H3. The van der Waals surface area contributed by atoms with E-state index in [2.05, 4.69) is 29.1 Å². The third-order valence-corrected chi connectivity index (χ3v) is 3.41. The molecule has 0 atom stereocenters. The zero-order chi connectivity index (χ0) is 12.3. The number of nitrogens with zero attached hydrogens (tertiary/aromatic N) is 3. The van der Waals surface area contributed by atoms with E-state index in [1.165, 1.54) is 4.88 Å². The molecule has 0 aliphatic rings. The molecule has 2 heterocycles. The van der Waals surface area contributed by atoms with Crippen molar-refractivity contribution >= 4 is 11.3 Å². The van der Waals surface area contributed by atoms with E-state index in [1.807, 2.05) is 24.0 Å². The molecule has 0 spiro atoms. The Morgan fingerprint density at radius 1 is 1.41 bits per heavy atom. The monoisotopic (exact) mass is 250 g/mol. The number of hydrogen-bond donors (Lipinski definition) is 1. The van der Waals surface area contributed by atoms with E-state index in [-0.39, 0.29) is 0 Å². The Labute approximate surface area is 106 Å². The minimum Gasteiger partial charge on any atom is -0.332 e. The van der Waals surface area contributed by atoms with Crippen LogP contribution < -0.4 is 5.32 Å². The second kappa shape index (κ2) is 5.42. The number of aryl methyl sites for hydroxylation is 1. The van der Waals surface area contributed by atoms with Crippen LogP contribution in [0, 0.1) is 5.92 Å². The lowest BCUT2D eigenvalue weighted by Gasteiger charge is -2.04. The molecule has 1 N–H and O–H groups in total. The lowest BCUT2D eigenvalue weighted by molar-refractivity contribution is 0.554. The molecule has 0 amide bonds. The van der Waals surface area contributed by atoms with Crippen LogP contribution in [0.15, 0.2) is 18.6 Å². The molecular weight excluding hydrogens is 232 g/mol. The van der Waals surface area contributed by atoms with Gasteiger partial charge < -0.3 is 9.88 Å². The fourth-order valence-electron chi connectivity index (χ4n) is 1.55. The molecule has 2 aromatic rings. The fraction of sp³-hybridized carbons (Fsp3) is 0.500. The summed E-state index contributed by atoms with van der Waals surface area (Å²) in [6.07, 6.45) is 5.67. The predicted octanol–water partition coefficient (Wildman–Crippen LogP) is 2.29. The minimum absolute atomic E-state index is 0.678. The molecule has 0 bridgehead atoms. The molecule has 0 aliphatic heterocycles. The Hall–Kier alpha value is -1.20. The minimum atomic E-state index is 0.678. The van der Waals surface area contributed by atoms with Gasteiger partial charge in [0, 0.05) is 37.1 Å². The van der Waals surface area contributed by atoms with Gasteiger partial charge in [0.05, 0.1) is 0 Å². The van der Waals surface area contributed by atoms with Crippen molar-refractivity contribution < 1.29 is 0 Å². The van der Waals surface area contributed by atoms with Crippen molar-refractivity contribution in [3.05, 3.63) is 23.5 Å². The molecule has 0 aliphatic carbocycles. The molecule has 0 fully saturated rings. The van der Waals surface area contributed by atoms with Crippen molar-refractivity contribution in [2.75, 3.05) is 6.54 Å². The van der Waals surface area contributed by atoms with Gasteiger partial charge in [-0.2, -0.15) is 0 Å². The number of thiazole rings is 1. The molecular formula is C12H18N4S. The number of imidazole rings is 1. The van der Waals surface area contributed by atoms with Gasteiger partial charge in [0.25, 0.3) is 0 Å². The summed E-state index contributed by atoms with van der Waals surface area (Å²) in [5.74, 6) is 1.61. The zero-order valence-electron chi connectivity index (χ0n) is 10.5. The highest BCUT2D eigenvalue weighted by Gasteiger charge is 2.08. The predicted molar refractivity (Wildman–Crippen MR) is 70.9 cm³/mol. The summed E-state index contributed by atoms with van der Waals surface area (Å²) in [5, 5.41) is 4.40. The summed E-state index contributed by atoms with van der Waals surface area (Å²) in [4.78, 5) is 9.96. The molecule has 2 aromatic heterocycles. The Bertz CT molecular complexity index is 472. The van der Waals surface area contributed by atoms with Gasteiger partial charge >= 0.3 is 0 Å². The molecule has 92 valence electrons. The van der Waals surface area contributed by atoms with Gasteiger partial charge in [-0.1, -0.05) is 13.8 Å².